The van der Waals surface area contributed by atoms with Gasteiger partial charge in [0.25, 0.3) is 5.91 Å². The third-order valence-corrected chi connectivity index (χ3v) is 4.89. The molecule has 0 saturated carbocycles. The number of rotatable bonds is 3. The van der Waals surface area contributed by atoms with Gasteiger partial charge in [0.1, 0.15) is 0 Å². The zero-order valence-electron chi connectivity index (χ0n) is 14.8. The van der Waals surface area contributed by atoms with Crippen molar-refractivity contribution in [2.75, 3.05) is 6.54 Å². The van der Waals surface area contributed by atoms with Gasteiger partial charge in [0.05, 0.1) is 11.6 Å². The van der Waals surface area contributed by atoms with Crippen LogP contribution in [0.3, 0.4) is 0 Å². The van der Waals surface area contributed by atoms with Gasteiger partial charge >= 0.3 is 0 Å². The molecule has 1 amide bonds. The molecule has 25 heavy (non-hydrogen) atoms. The van der Waals surface area contributed by atoms with E-state index in [2.05, 4.69) is 10.1 Å². The predicted molar refractivity (Wildman–Crippen MR) is 94.3 cm³/mol. The van der Waals surface area contributed by atoms with Crippen LogP contribution in [0.5, 0.6) is 0 Å². The van der Waals surface area contributed by atoms with E-state index in [0.29, 0.717) is 11.7 Å². The Morgan fingerprint density at radius 3 is 2.88 bits per heavy atom. The monoisotopic (exact) mass is 338 g/mol. The highest BCUT2D eigenvalue weighted by atomic mass is 16.5. The van der Waals surface area contributed by atoms with Crippen LogP contribution in [-0.2, 0) is 7.05 Å². The van der Waals surface area contributed by atoms with E-state index in [1.165, 1.54) is 0 Å². The molecule has 3 aromatic rings. The summed E-state index contributed by atoms with van der Waals surface area (Å²) < 4.78 is 7.34. The highest BCUT2D eigenvalue weighted by Crippen LogP contribution is 2.33. The number of aromatic nitrogens is 3. The molecule has 0 N–H and O–H groups in total. The van der Waals surface area contributed by atoms with Crippen molar-refractivity contribution in [1.82, 2.24) is 19.6 Å². The average Bonchev–Trinajstić information content (AvgIpc) is 3.32. The van der Waals surface area contributed by atoms with Gasteiger partial charge in [0, 0.05) is 36.6 Å². The Hall–Kier alpha value is -2.63. The lowest BCUT2D eigenvalue weighted by molar-refractivity contribution is 0.0730. The van der Waals surface area contributed by atoms with Crippen LogP contribution in [0.1, 0.15) is 60.7 Å². The molecule has 1 aliphatic rings. The average molecular weight is 338 g/mol. The number of benzene rings is 1. The van der Waals surface area contributed by atoms with Gasteiger partial charge in [-0.2, -0.15) is 4.98 Å². The largest absolute Gasteiger partial charge is 0.350 e. The molecule has 0 spiro atoms. The normalized spacial score (nSPS) is 17.8. The topological polar surface area (TPSA) is 64.2 Å². The summed E-state index contributed by atoms with van der Waals surface area (Å²) in [4.78, 5) is 19.6. The smallest absolute Gasteiger partial charge is 0.256 e. The van der Waals surface area contributed by atoms with E-state index < -0.39 is 0 Å². The molecule has 1 atom stereocenters. The standard InChI is InChI=1S/C19H22N4O2/c1-12(2)18-20-17(21-25-18)16-9-6-10-23(16)19(24)14-11-22(3)15-8-5-4-7-13(14)15/h4-5,7-8,11-12,16H,6,9-10H2,1-3H3. The lowest BCUT2D eigenvalue weighted by Crippen LogP contribution is -2.31. The number of hydrogen-bond donors (Lipinski definition) is 0. The molecular formula is C19H22N4O2. The molecule has 4 rings (SSSR count). The minimum Gasteiger partial charge on any atom is -0.350 e. The third-order valence-electron chi connectivity index (χ3n) is 4.89. The van der Waals surface area contributed by atoms with E-state index in [4.69, 9.17) is 4.52 Å². The van der Waals surface area contributed by atoms with E-state index in [9.17, 15) is 4.79 Å². The molecule has 1 unspecified atom stereocenters. The Balaban J connectivity index is 1.68. The Morgan fingerprint density at radius 2 is 2.12 bits per heavy atom. The van der Waals surface area contributed by atoms with Crippen molar-refractivity contribution in [2.45, 2.75) is 38.6 Å². The number of fused-ring (bicyclic) bond motifs is 1. The molecule has 1 saturated heterocycles. The third kappa shape index (κ3) is 2.62. The fraction of sp³-hybridized carbons (Fsp3) is 0.421. The number of para-hydroxylation sites is 1. The summed E-state index contributed by atoms with van der Waals surface area (Å²) in [7, 11) is 1.97. The van der Waals surface area contributed by atoms with Crippen molar-refractivity contribution in [3.8, 4) is 0 Å². The van der Waals surface area contributed by atoms with Crippen molar-refractivity contribution in [2.24, 2.45) is 7.05 Å². The summed E-state index contributed by atoms with van der Waals surface area (Å²) in [6, 6.07) is 7.87. The maximum atomic E-state index is 13.2. The lowest BCUT2D eigenvalue weighted by Gasteiger charge is -2.22. The Morgan fingerprint density at radius 1 is 1.32 bits per heavy atom. The van der Waals surface area contributed by atoms with Crippen LogP contribution >= 0.6 is 0 Å². The first-order chi connectivity index (χ1) is 12.1. The van der Waals surface area contributed by atoms with Crippen molar-refractivity contribution >= 4 is 16.8 Å². The van der Waals surface area contributed by atoms with Gasteiger partial charge in [-0.15, -0.1) is 0 Å². The number of carbonyl (C=O) groups is 1. The number of carbonyl (C=O) groups excluding carboxylic acids is 1. The van der Waals surface area contributed by atoms with Crippen LogP contribution in [0.25, 0.3) is 10.9 Å². The second-order valence-corrected chi connectivity index (χ2v) is 6.97. The molecular weight excluding hydrogens is 316 g/mol. The zero-order chi connectivity index (χ0) is 17.6. The van der Waals surface area contributed by atoms with Crippen molar-refractivity contribution in [3.63, 3.8) is 0 Å². The number of aryl methyl sites for hydroxylation is 1. The summed E-state index contributed by atoms with van der Waals surface area (Å²) in [6.45, 7) is 4.76. The van der Waals surface area contributed by atoms with Crippen molar-refractivity contribution < 1.29 is 9.32 Å². The molecule has 1 fully saturated rings. The Kier molecular flexibility index (Phi) is 3.82. The summed E-state index contributed by atoms with van der Waals surface area (Å²) in [6.07, 6.45) is 3.73. The molecule has 0 bridgehead atoms. The number of likely N-dealkylation sites (tertiary alicyclic amines) is 1. The van der Waals surface area contributed by atoms with E-state index in [0.717, 1.165) is 35.9 Å². The van der Waals surface area contributed by atoms with Crippen LogP contribution in [0, 0.1) is 0 Å². The van der Waals surface area contributed by atoms with Crippen molar-refractivity contribution in [1.29, 1.82) is 0 Å². The van der Waals surface area contributed by atoms with Crippen molar-refractivity contribution in [3.05, 3.63) is 47.7 Å². The summed E-state index contributed by atoms with van der Waals surface area (Å²) in [5, 5.41) is 5.11. The summed E-state index contributed by atoms with van der Waals surface area (Å²) in [5.41, 5.74) is 1.79. The van der Waals surface area contributed by atoms with Crippen LogP contribution in [0.2, 0.25) is 0 Å². The van der Waals surface area contributed by atoms with Crippen LogP contribution in [0.15, 0.2) is 35.0 Å². The predicted octanol–water partition coefficient (Wildman–Crippen LogP) is 3.66. The SMILES string of the molecule is CC(C)c1nc(C2CCCN2C(=O)c2cn(C)c3ccccc23)no1. The van der Waals surface area contributed by atoms with Crippen LogP contribution < -0.4 is 0 Å². The van der Waals surface area contributed by atoms with E-state index >= 15 is 0 Å². The molecule has 6 heteroatoms. The van der Waals surface area contributed by atoms with E-state index in [-0.39, 0.29) is 17.9 Å². The molecule has 1 aliphatic heterocycles. The maximum Gasteiger partial charge on any atom is 0.256 e. The Labute approximate surface area is 146 Å². The van der Waals surface area contributed by atoms with Gasteiger partial charge < -0.3 is 14.0 Å². The number of amides is 1. The molecule has 0 aliphatic carbocycles. The highest BCUT2D eigenvalue weighted by molar-refractivity contribution is 6.07. The fourth-order valence-corrected chi connectivity index (χ4v) is 3.56. The van der Waals surface area contributed by atoms with Gasteiger partial charge in [0.15, 0.2) is 5.82 Å². The highest BCUT2D eigenvalue weighted by Gasteiger charge is 2.35. The van der Waals surface area contributed by atoms with Gasteiger partial charge in [-0.1, -0.05) is 37.2 Å². The Bertz CT molecular complexity index is 925. The summed E-state index contributed by atoms with van der Waals surface area (Å²) >= 11 is 0. The first-order valence-electron chi connectivity index (χ1n) is 8.75. The minimum absolute atomic E-state index is 0.0372. The fourth-order valence-electron chi connectivity index (χ4n) is 3.56. The lowest BCUT2D eigenvalue weighted by atomic mass is 10.1. The first-order valence-corrected chi connectivity index (χ1v) is 8.75. The summed E-state index contributed by atoms with van der Waals surface area (Å²) in [5.74, 6) is 1.47. The second kappa shape index (κ2) is 6.02. The van der Waals surface area contributed by atoms with Gasteiger partial charge in [-0.25, -0.2) is 0 Å². The van der Waals surface area contributed by atoms with Gasteiger partial charge in [0.2, 0.25) is 5.89 Å². The second-order valence-electron chi connectivity index (χ2n) is 6.97. The minimum atomic E-state index is -0.109. The van der Waals surface area contributed by atoms with Gasteiger partial charge in [-0.05, 0) is 18.9 Å². The molecule has 3 heterocycles. The molecule has 0 radical (unpaired) electrons. The molecule has 130 valence electrons. The van der Waals surface area contributed by atoms with Gasteiger partial charge in [-0.3, -0.25) is 4.79 Å². The molecule has 6 nitrogen and oxygen atoms in total. The van der Waals surface area contributed by atoms with E-state index in [1.54, 1.807) is 0 Å². The number of hydrogen-bond acceptors (Lipinski definition) is 4. The quantitative estimate of drug-likeness (QED) is 0.731. The first kappa shape index (κ1) is 15.9. The number of nitrogens with zero attached hydrogens (tertiary/aromatic N) is 4. The molecule has 1 aromatic carbocycles. The van der Waals surface area contributed by atoms with Crippen LogP contribution in [-0.4, -0.2) is 32.1 Å². The van der Waals surface area contributed by atoms with Crippen LogP contribution in [0.4, 0.5) is 0 Å². The zero-order valence-corrected chi connectivity index (χ0v) is 14.8. The van der Waals surface area contributed by atoms with E-state index in [1.807, 2.05) is 60.8 Å². The molecule has 2 aromatic heterocycles. The maximum absolute atomic E-state index is 13.2.